The van der Waals surface area contributed by atoms with Crippen molar-refractivity contribution in [3.8, 4) is 0 Å². The molecule has 1 atom stereocenters. The number of hydrogen-bond donors (Lipinski definition) is 2. The molecule has 31 heavy (non-hydrogen) atoms. The third-order valence-corrected chi connectivity index (χ3v) is 5.67. The van der Waals surface area contributed by atoms with E-state index in [0.717, 1.165) is 44.6 Å². The van der Waals surface area contributed by atoms with Crippen LogP contribution in [0.3, 0.4) is 0 Å². The van der Waals surface area contributed by atoms with Crippen LogP contribution in [0.15, 0.2) is 54.6 Å². The smallest absolute Gasteiger partial charge is 0.309 e. The minimum atomic E-state index is -0.638. The molecule has 1 fully saturated rings. The van der Waals surface area contributed by atoms with Crippen LogP contribution in [0, 0.1) is 5.82 Å². The van der Waals surface area contributed by atoms with Crippen LogP contribution in [0.1, 0.15) is 23.6 Å². The van der Waals surface area contributed by atoms with Gasteiger partial charge in [-0.2, -0.15) is 0 Å². The number of benzene rings is 2. The van der Waals surface area contributed by atoms with Crippen LogP contribution in [0.2, 0.25) is 0 Å². The molecule has 0 saturated carbocycles. The fourth-order valence-corrected chi connectivity index (χ4v) is 3.77. The highest BCUT2D eigenvalue weighted by Gasteiger charge is 2.25. The summed E-state index contributed by atoms with van der Waals surface area (Å²) in [4.78, 5) is 29.0. The van der Waals surface area contributed by atoms with E-state index in [1.165, 1.54) is 17.7 Å². The third kappa shape index (κ3) is 7.15. The molecule has 0 spiro atoms. The lowest BCUT2D eigenvalue weighted by Gasteiger charge is -2.38. The Morgan fingerprint density at radius 3 is 2.26 bits per heavy atom. The molecule has 2 aromatic carbocycles. The van der Waals surface area contributed by atoms with Gasteiger partial charge in [-0.05, 0) is 43.1 Å². The molecule has 0 aliphatic carbocycles. The zero-order chi connectivity index (χ0) is 22.1. The molecule has 0 radical (unpaired) electrons. The minimum Gasteiger partial charge on any atom is -0.348 e. The van der Waals surface area contributed by atoms with Crippen LogP contribution >= 0.6 is 0 Å². The summed E-state index contributed by atoms with van der Waals surface area (Å²) >= 11 is 0. The summed E-state index contributed by atoms with van der Waals surface area (Å²) in [7, 11) is 2.08. The summed E-state index contributed by atoms with van der Waals surface area (Å²) in [5.41, 5.74) is 2.13. The normalized spacial score (nSPS) is 15.9. The molecule has 6 nitrogen and oxygen atoms in total. The quantitative estimate of drug-likeness (QED) is 0.501. The molecule has 166 valence electrons. The Balaban J connectivity index is 1.49. The van der Waals surface area contributed by atoms with Crippen molar-refractivity contribution in [3.63, 3.8) is 0 Å². The van der Waals surface area contributed by atoms with E-state index in [9.17, 15) is 14.0 Å². The molecule has 1 aliphatic heterocycles. The second kappa shape index (κ2) is 11.6. The van der Waals surface area contributed by atoms with Crippen LogP contribution in [-0.2, 0) is 16.0 Å². The molecule has 2 amide bonds. The van der Waals surface area contributed by atoms with E-state index in [2.05, 4.69) is 27.5 Å². The van der Waals surface area contributed by atoms with Gasteiger partial charge in [0.25, 0.3) is 0 Å². The first-order valence-corrected chi connectivity index (χ1v) is 10.8. The zero-order valence-electron chi connectivity index (χ0n) is 18.0. The summed E-state index contributed by atoms with van der Waals surface area (Å²) in [6.07, 6.45) is 1.61. The fourth-order valence-electron chi connectivity index (χ4n) is 3.77. The van der Waals surface area contributed by atoms with Gasteiger partial charge in [-0.25, -0.2) is 4.39 Å². The molecule has 1 aliphatic rings. The maximum absolute atomic E-state index is 13.4. The first-order valence-electron chi connectivity index (χ1n) is 10.8. The summed E-state index contributed by atoms with van der Waals surface area (Å²) < 4.78 is 13.4. The summed E-state index contributed by atoms with van der Waals surface area (Å²) in [5.74, 6) is -1.55. The van der Waals surface area contributed by atoms with Crippen molar-refractivity contribution in [1.29, 1.82) is 0 Å². The largest absolute Gasteiger partial charge is 0.348 e. The lowest BCUT2D eigenvalue weighted by Crippen LogP contribution is -2.49. The average molecular weight is 427 g/mol. The standard InChI is InChI=1S/C24H31FN4O2/c1-28-14-16-29(17-15-28)22(20-9-11-21(25)12-10-20)18-27-24(31)23(30)26-13-5-8-19-6-3-2-4-7-19/h2-4,6-7,9-12,22H,5,8,13-18H2,1H3,(H,26,30)(H,27,31). The number of halogens is 1. The topological polar surface area (TPSA) is 64.7 Å². The molecule has 1 heterocycles. The first-order chi connectivity index (χ1) is 15.0. The van der Waals surface area contributed by atoms with E-state index >= 15 is 0 Å². The monoisotopic (exact) mass is 426 g/mol. The number of nitrogens with zero attached hydrogens (tertiary/aromatic N) is 2. The van der Waals surface area contributed by atoms with Crippen molar-refractivity contribution in [3.05, 3.63) is 71.5 Å². The molecule has 1 saturated heterocycles. The number of aryl methyl sites for hydroxylation is 1. The molecule has 1 unspecified atom stereocenters. The van der Waals surface area contributed by atoms with Crippen LogP contribution in [0.5, 0.6) is 0 Å². The summed E-state index contributed by atoms with van der Waals surface area (Å²) in [5, 5.41) is 5.45. The third-order valence-electron chi connectivity index (χ3n) is 5.67. The Bertz CT molecular complexity index is 836. The molecule has 2 N–H and O–H groups in total. The number of nitrogens with one attached hydrogen (secondary N) is 2. The van der Waals surface area contributed by atoms with Gasteiger partial charge in [0.1, 0.15) is 5.82 Å². The van der Waals surface area contributed by atoms with Crippen LogP contribution in [-0.4, -0.2) is 67.9 Å². The zero-order valence-corrected chi connectivity index (χ0v) is 18.0. The van der Waals surface area contributed by atoms with E-state index in [1.54, 1.807) is 12.1 Å². The molecular weight excluding hydrogens is 395 g/mol. The lowest BCUT2D eigenvalue weighted by molar-refractivity contribution is -0.139. The van der Waals surface area contributed by atoms with Gasteiger partial charge in [0.2, 0.25) is 0 Å². The molecule has 2 aromatic rings. The number of carbonyl (C=O) groups is 2. The highest BCUT2D eigenvalue weighted by atomic mass is 19.1. The lowest BCUT2D eigenvalue weighted by atomic mass is 10.0. The van der Waals surface area contributed by atoms with Gasteiger partial charge in [0.15, 0.2) is 0 Å². The second-order valence-corrected chi connectivity index (χ2v) is 7.96. The number of carbonyl (C=O) groups excluding carboxylic acids is 2. The van der Waals surface area contributed by atoms with Gasteiger partial charge in [-0.15, -0.1) is 0 Å². The Morgan fingerprint density at radius 1 is 0.935 bits per heavy atom. The van der Waals surface area contributed by atoms with Crippen molar-refractivity contribution in [1.82, 2.24) is 20.4 Å². The predicted molar refractivity (Wildman–Crippen MR) is 119 cm³/mol. The van der Waals surface area contributed by atoms with Gasteiger partial charge in [-0.1, -0.05) is 42.5 Å². The van der Waals surface area contributed by atoms with Crippen molar-refractivity contribution >= 4 is 11.8 Å². The summed E-state index contributed by atoms with van der Waals surface area (Å²) in [6, 6.07) is 16.3. The number of amides is 2. The van der Waals surface area contributed by atoms with Gasteiger partial charge in [-0.3, -0.25) is 14.5 Å². The highest BCUT2D eigenvalue weighted by Crippen LogP contribution is 2.22. The maximum atomic E-state index is 13.4. The molecule has 3 rings (SSSR count). The van der Waals surface area contributed by atoms with Crippen molar-refractivity contribution < 1.29 is 14.0 Å². The molecule has 0 bridgehead atoms. The Labute approximate surface area is 183 Å². The van der Waals surface area contributed by atoms with E-state index in [1.807, 2.05) is 30.3 Å². The van der Waals surface area contributed by atoms with E-state index < -0.39 is 11.8 Å². The van der Waals surface area contributed by atoms with Gasteiger partial charge < -0.3 is 15.5 Å². The minimum absolute atomic E-state index is 0.107. The predicted octanol–water partition coefficient (Wildman–Crippen LogP) is 1.98. The van der Waals surface area contributed by atoms with Gasteiger partial charge in [0.05, 0.1) is 6.04 Å². The van der Waals surface area contributed by atoms with Crippen molar-refractivity contribution in [2.24, 2.45) is 0 Å². The van der Waals surface area contributed by atoms with E-state index in [0.29, 0.717) is 13.1 Å². The Hall–Kier alpha value is -2.77. The highest BCUT2D eigenvalue weighted by molar-refractivity contribution is 6.35. The van der Waals surface area contributed by atoms with Crippen LogP contribution in [0.4, 0.5) is 4.39 Å². The molecule has 0 aromatic heterocycles. The fraction of sp³-hybridized carbons (Fsp3) is 0.417. The second-order valence-electron chi connectivity index (χ2n) is 7.96. The van der Waals surface area contributed by atoms with Gasteiger partial charge in [0, 0.05) is 39.3 Å². The number of piperazine rings is 1. The number of rotatable bonds is 8. The molecule has 7 heteroatoms. The van der Waals surface area contributed by atoms with E-state index in [4.69, 9.17) is 0 Å². The Kier molecular flexibility index (Phi) is 8.55. The average Bonchev–Trinajstić information content (AvgIpc) is 2.79. The number of hydrogen-bond acceptors (Lipinski definition) is 4. The maximum Gasteiger partial charge on any atom is 0.309 e. The van der Waals surface area contributed by atoms with Crippen molar-refractivity contribution in [2.75, 3.05) is 46.3 Å². The van der Waals surface area contributed by atoms with Gasteiger partial charge >= 0.3 is 11.8 Å². The summed E-state index contributed by atoms with van der Waals surface area (Å²) in [6.45, 7) is 4.29. The van der Waals surface area contributed by atoms with Crippen LogP contribution in [0.25, 0.3) is 0 Å². The van der Waals surface area contributed by atoms with Crippen molar-refractivity contribution in [2.45, 2.75) is 18.9 Å². The van der Waals surface area contributed by atoms with E-state index in [-0.39, 0.29) is 11.9 Å². The Morgan fingerprint density at radius 2 is 1.58 bits per heavy atom. The SMILES string of the molecule is CN1CCN(C(CNC(=O)C(=O)NCCCc2ccccc2)c2ccc(F)cc2)CC1. The first kappa shape index (κ1) is 22.9. The number of likely N-dealkylation sites (N-methyl/N-ethyl adjacent to an activating group) is 1. The van der Waals surface area contributed by atoms with Crippen LogP contribution < -0.4 is 10.6 Å². The molecular formula is C24H31FN4O2.